The van der Waals surface area contributed by atoms with Gasteiger partial charge in [0.15, 0.2) is 0 Å². The van der Waals surface area contributed by atoms with E-state index in [2.05, 4.69) is 10.6 Å². The average Bonchev–Trinajstić information content (AvgIpc) is 3.07. The Balaban J connectivity index is 1.74. The van der Waals surface area contributed by atoms with E-state index in [4.69, 9.17) is 9.15 Å². The van der Waals surface area contributed by atoms with Crippen LogP contribution in [0.25, 0.3) is 0 Å². The summed E-state index contributed by atoms with van der Waals surface area (Å²) in [6.45, 7) is 2.58. The highest BCUT2D eigenvalue weighted by atomic mass is 16.5. The first kappa shape index (κ1) is 16.9. The largest absolute Gasteiger partial charge is 0.496 e. The molecule has 1 aromatic heterocycles. The Morgan fingerprint density at radius 1 is 1.35 bits per heavy atom. The van der Waals surface area contributed by atoms with E-state index in [1.807, 2.05) is 25.1 Å². The maximum atomic E-state index is 11.7. The Morgan fingerprint density at radius 2 is 2.17 bits per heavy atom. The van der Waals surface area contributed by atoms with Crippen molar-refractivity contribution in [2.24, 2.45) is 0 Å². The van der Waals surface area contributed by atoms with Gasteiger partial charge >= 0.3 is 6.03 Å². The number of furan rings is 1. The lowest BCUT2D eigenvalue weighted by Crippen LogP contribution is -2.38. The van der Waals surface area contributed by atoms with Gasteiger partial charge in [-0.05, 0) is 37.1 Å². The molecule has 0 aliphatic rings. The van der Waals surface area contributed by atoms with Gasteiger partial charge in [0.05, 0.1) is 19.9 Å². The molecule has 0 aliphatic carbocycles. The van der Waals surface area contributed by atoms with Crippen LogP contribution in [0.15, 0.2) is 41.0 Å². The molecule has 0 saturated heterocycles. The summed E-state index contributed by atoms with van der Waals surface area (Å²) in [7, 11) is 1.63. The zero-order valence-electron chi connectivity index (χ0n) is 13.3. The van der Waals surface area contributed by atoms with E-state index in [-0.39, 0.29) is 12.6 Å². The molecule has 2 amide bonds. The standard InChI is InChI=1S/C17H22N2O4/c1-12-5-6-15(22-2)13(10-12)7-8-18-17(21)19-11-14(20)16-4-3-9-23-16/h3-6,9-10,14,20H,7-8,11H2,1-2H3,(H2,18,19,21). The second-order valence-electron chi connectivity index (χ2n) is 5.23. The Morgan fingerprint density at radius 3 is 2.87 bits per heavy atom. The Kier molecular flexibility index (Phi) is 6.05. The van der Waals surface area contributed by atoms with Crippen LogP contribution < -0.4 is 15.4 Å². The number of aliphatic hydroxyl groups is 1. The molecule has 2 aromatic rings. The maximum Gasteiger partial charge on any atom is 0.314 e. The van der Waals surface area contributed by atoms with Crippen molar-refractivity contribution < 1.29 is 19.1 Å². The van der Waals surface area contributed by atoms with Gasteiger partial charge in [0.2, 0.25) is 0 Å². The Labute approximate surface area is 135 Å². The van der Waals surface area contributed by atoms with Gasteiger partial charge in [-0.2, -0.15) is 0 Å². The summed E-state index contributed by atoms with van der Waals surface area (Å²) >= 11 is 0. The van der Waals surface area contributed by atoms with Gasteiger partial charge in [-0.1, -0.05) is 17.7 Å². The smallest absolute Gasteiger partial charge is 0.314 e. The fourth-order valence-corrected chi connectivity index (χ4v) is 2.25. The number of benzene rings is 1. The summed E-state index contributed by atoms with van der Waals surface area (Å²) in [6.07, 6.45) is 1.29. The zero-order valence-corrected chi connectivity index (χ0v) is 13.3. The second kappa shape index (κ2) is 8.24. The third-order valence-corrected chi connectivity index (χ3v) is 3.44. The number of amides is 2. The van der Waals surface area contributed by atoms with Crippen LogP contribution in [0.3, 0.4) is 0 Å². The van der Waals surface area contributed by atoms with Crippen molar-refractivity contribution in [2.75, 3.05) is 20.2 Å². The van der Waals surface area contributed by atoms with Crippen molar-refractivity contribution in [3.05, 3.63) is 53.5 Å². The number of carbonyl (C=O) groups excluding carboxylic acids is 1. The van der Waals surface area contributed by atoms with E-state index in [9.17, 15) is 9.90 Å². The van der Waals surface area contributed by atoms with Gasteiger partial charge in [0.25, 0.3) is 0 Å². The van der Waals surface area contributed by atoms with Gasteiger partial charge in [0, 0.05) is 6.54 Å². The molecule has 0 aliphatic heterocycles. The van der Waals surface area contributed by atoms with Crippen molar-refractivity contribution in [1.29, 1.82) is 0 Å². The normalized spacial score (nSPS) is 11.8. The minimum Gasteiger partial charge on any atom is -0.496 e. The van der Waals surface area contributed by atoms with Crippen molar-refractivity contribution in [3.8, 4) is 5.75 Å². The summed E-state index contributed by atoms with van der Waals surface area (Å²) in [5, 5.41) is 15.2. The fraction of sp³-hybridized carbons (Fsp3) is 0.353. The first-order chi connectivity index (χ1) is 11.1. The molecule has 6 heteroatoms. The van der Waals surface area contributed by atoms with Gasteiger partial charge in [-0.15, -0.1) is 0 Å². The van der Waals surface area contributed by atoms with Crippen LogP contribution in [0.1, 0.15) is 23.0 Å². The van der Waals surface area contributed by atoms with Crippen LogP contribution in [0.4, 0.5) is 4.79 Å². The van der Waals surface area contributed by atoms with Gasteiger partial charge in [0.1, 0.15) is 17.6 Å². The van der Waals surface area contributed by atoms with Crippen LogP contribution in [0.2, 0.25) is 0 Å². The van der Waals surface area contributed by atoms with Crippen molar-refractivity contribution in [1.82, 2.24) is 10.6 Å². The number of aryl methyl sites for hydroxylation is 1. The molecule has 6 nitrogen and oxygen atoms in total. The Bertz CT molecular complexity index is 626. The van der Waals surface area contributed by atoms with E-state index < -0.39 is 6.10 Å². The highest BCUT2D eigenvalue weighted by Gasteiger charge is 2.11. The third-order valence-electron chi connectivity index (χ3n) is 3.44. The monoisotopic (exact) mass is 318 g/mol. The molecule has 0 bridgehead atoms. The molecule has 23 heavy (non-hydrogen) atoms. The number of hydrogen-bond acceptors (Lipinski definition) is 4. The fourth-order valence-electron chi connectivity index (χ4n) is 2.25. The quantitative estimate of drug-likeness (QED) is 0.730. The van der Waals surface area contributed by atoms with E-state index in [1.54, 1.807) is 19.2 Å². The number of rotatable bonds is 7. The van der Waals surface area contributed by atoms with Crippen LogP contribution in [0.5, 0.6) is 5.75 Å². The van der Waals surface area contributed by atoms with Gasteiger partial charge in [-0.25, -0.2) is 4.79 Å². The zero-order chi connectivity index (χ0) is 16.7. The number of aliphatic hydroxyl groups excluding tert-OH is 1. The number of nitrogens with one attached hydrogen (secondary N) is 2. The summed E-state index contributed by atoms with van der Waals surface area (Å²) in [5.74, 6) is 1.24. The topological polar surface area (TPSA) is 83.7 Å². The molecule has 0 spiro atoms. The van der Waals surface area contributed by atoms with Crippen LogP contribution in [-0.2, 0) is 6.42 Å². The van der Waals surface area contributed by atoms with Crippen molar-refractivity contribution in [2.45, 2.75) is 19.4 Å². The lowest BCUT2D eigenvalue weighted by Gasteiger charge is -2.12. The predicted octanol–water partition coefficient (Wildman–Crippen LogP) is 2.17. The molecule has 1 heterocycles. The molecular weight excluding hydrogens is 296 g/mol. The highest BCUT2D eigenvalue weighted by Crippen LogP contribution is 2.19. The molecule has 124 valence electrons. The predicted molar refractivity (Wildman–Crippen MR) is 86.5 cm³/mol. The summed E-state index contributed by atoms with van der Waals surface area (Å²) in [6, 6.07) is 8.96. The van der Waals surface area contributed by atoms with Crippen molar-refractivity contribution >= 4 is 6.03 Å². The van der Waals surface area contributed by atoms with Crippen LogP contribution >= 0.6 is 0 Å². The third kappa shape index (κ3) is 5.03. The first-order valence-electron chi connectivity index (χ1n) is 7.47. The average molecular weight is 318 g/mol. The summed E-state index contributed by atoms with van der Waals surface area (Å²) < 4.78 is 10.4. The molecule has 1 atom stereocenters. The van der Waals surface area contributed by atoms with E-state index in [0.29, 0.717) is 18.7 Å². The van der Waals surface area contributed by atoms with Crippen molar-refractivity contribution in [3.63, 3.8) is 0 Å². The summed E-state index contributed by atoms with van der Waals surface area (Å²) in [4.78, 5) is 11.7. The van der Waals surface area contributed by atoms with Gasteiger partial charge < -0.3 is 24.9 Å². The van der Waals surface area contributed by atoms with Gasteiger partial charge in [-0.3, -0.25) is 0 Å². The molecule has 0 saturated carbocycles. The molecule has 2 rings (SSSR count). The lowest BCUT2D eigenvalue weighted by molar-refractivity contribution is 0.148. The van der Waals surface area contributed by atoms with Crippen LogP contribution in [0, 0.1) is 6.92 Å². The summed E-state index contributed by atoms with van der Waals surface area (Å²) in [5.41, 5.74) is 2.19. The minimum atomic E-state index is -0.854. The Hall–Kier alpha value is -2.47. The number of methoxy groups -OCH3 is 1. The SMILES string of the molecule is COc1ccc(C)cc1CCNC(=O)NCC(O)c1ccco1. The highest BCUT2D eigenvalue weighted by molar-refractivity contribution is 5.73. The second-order valence-corrected chi connectivity index (χ2v) is 5.23. The maximum absolute atomic E-state index is 11.7. The number of urea groups is 1. The van der Waals surface area contributed by atoms with E-state index in [1.165, 1.54) is 6.26 Å². The molecular formula is C17H22N2O4. The molecule has 1 unspecified atom stereocenters. The molecule has 0 fully saturated rings. The van der Waals surface area contributed by atoms with Crippen LogP contribution in [-0.4, -0.2) is 31.3 Å². The number of hydrogen-bond donors (Lipinski definition) is 3. The first-order valence-corrected chi connectivity index (χ1v) is 7.47. The van der Waals surface area contributed by atoms with E-state index in [0.717, 1.165) is 16.9 Å². The minimum absolute atomic E-state index is 0.0904. The lowest BCUT2D eigenvalue weighted by atomic mass is 10.1. The molecule has 0 radical (unpaired) electrons. The number of carbonyl (C=O) groups is 1. The number of ether oxygens (including phenoxy) is 1. The van der Waals surface area contributed by atoms with E-state index >= 15 is 0 Å². The molecule has 1 aromatic carbocycles. The molecule has 3 N–H and O–H groups in total.